The first-order valence-electron chi connectivity index (χ1n) is 7.38. The highest BCUT2D eigenvalue weighted by molar-refractivity contribution is 6.27. The number of ether oxygens (including phenoxy) is 1. The van der Waals surface area contributed by atoms with E-state index in [1.54, 1.807) is 7.11 Å². The number of carbonyl (C=O) groups excluding carboxylic acids is 1. The highest BCUT2D eigenvalue weighted by Crippen LogP contribution is 2.12. The Morgan fingerprint density at radius 1 is 1.00 bits per heavy atom. The SMILES string of the molecule is COc1ccc(C(=O)CN2CCN(C)CC2)cc1.O=C(O)C(=O)O. The third-order valence-electron chi connectivity index (χ3n) is 3.56. The number of hydrogen-bond donors (Lipinski definition) is 2. The Morgan fingerprint density at radius 2 is 1.50 bits per heavy atom. The molecule has 1 aromatic carbocycles. The lowest BCUT2D eigenvalue weighted by atomic mass is 10.1. The predicted molar refractivity (Wildman–Crippen MR) is 86.5 cm³/mol. The summed E-state index contributed by atoms with van der Waals surface area (Å²) >= 11 is 0. The van der Waals surface area contributed by atoms with E-state index in [0.717, 1.165) is 37.5 Å². The van der Waals surface area contributed by atoms with Crippen LogP contribution in [0.4, 0.5) is 0 Å². The first kappa shape index (κ1) is 19.6. The lowest BCUT2D eigenvalue weighted by Gasteiger charge is -2.31. The number of aliphatic carboxylic acids is 2. The monoisotopic (exact) mass is 338 g/mol. The van der Waals surface area contributed by atoms with Crippen LogP contribution >= 0.6 is 0 Å². The number of rotatable bonds is 4. The van der Waals surface area contributed by atoms with Gasteiger partial charge in [-0.2, -0.15) is 0 Å². The van der Waals surface area contributed by atoms with Gasteiger partial charge < -0.3 is 19.8 Å². The summed E-state index contributed by atoms with van der Waals surface area (Å²) in [4.78, 5) is 34.8. The number of benzene rings is 1. The third-order valence-corrected chi connectivity index (χ3v) is 3.56. The second kappa shape index (κ2) is 9.64. The van der Waals surface area contributed by atoms with Crippen LogP contribution < -0.4 is 4.74 Å². The van der Waals surface area contributed by atoms with Crippen LogP contribution in [0.25, 0.3) is 0 Å². The highest BCUT2D eigenvalue weighted by atomic mass is 16.5. The van der Waals surface area contributed by atoms with Gasteiger partial charge in [-0.25, -0.2) is 9.59 Å². The van der Waals surface area contributed by atoms with Crippen LogP contribution in [0.3, 0.4) is 0 Å². The second-order valence-electron chi connectivity index (χ2n) is 5.34. The Labute approximate surface area is 140 Å². The van der Waals surface area contributed by atoms with E-state index in [0.29, 0.717) is 6.54 Å². The summed E-state index contributed by atoms with van der Waals surface area (Å²) in [7, 11) is 3.74. The Balaban J connectivity index is 0.000000413. The zero-order valence-electron chi connectivity index (χ0n) is 13.8. The molecule has 2 rings (SSSR count). The van der Waals surface area contributed by atoms with Crippen molar-refractivity contribution in [2.75, 3.05) is 46.9 Å². The van der Waals surface area contributed by atoms with E-state index in [4.69, 9.17) is 24.5 Å². The zero-order valence-corrected chi connectivity index (χ0v) is 13.8. The number of nitrogens with zero attached hydrogens (tertiary/aromatic N) is 2. The van der Waals surface area contributed by atoms with Crippen molar-refractivity contribution in [1.29, 1.82) is 0 Å². The molecule has 8 heteroatoms. The topological polar surface area (TPSA) is 107 Å². The summed E-state index contributed by atoms with van der Waals surface area (Å²) in [6.07, 6.45) is 0. The molecule has 1 aliphatic rings. The summed E-state index contributed by atoms with van der Waals surface area (Å²) in [6.45, 7) is 4.53. The fourth-order valence-corrected chi connectivity index (χ4v) is 2.08. The van der Waals surface area contributed by atoms with Gasteiger partial charge in [0.05, 0.1) is 13.7 Å². The Kier molecular flexibility index (Phi) is 7.87. The minimum absolute atomic E-state index is 0.183. The van der Waals surface area contributed by atoms with Gasteiger partial charge in [-0.05, 0) is 31.3 Å². The number of carbonyl (C=O) groups is 3. The molecule has 1 saturated heterocycles. The first-order valence-corrected chi connectivity index (χ1v) is 7.38. The zero-order chi connectivity index (χ0) is 18.1. The molecule has 0 bridgehead atoms. The smallest absolute Gasteiger partial charge is 0.414 e. The van der Waals surface area contributed by atoms with E-state index < -0.39 is 11.9 Å². The van der Waals surface area contributed by atoms with E-state index in [2.05, 4.69) is 16.8 Å². The number of carboxylic acid groups (broad SMARTS) is 2. The van der Waals surface area contributed by atoms with E-state index in [1.165, 1.54) is 0 Å². The minimum atomic E-state index is -1.82. The largest absolute Gasteiger partial charge is 0.497 e. The second-order valence-corrected chi connectivity index (χ2v) is 5.34. The quantitative estimate of drug-likeness (QED) is 0.595. The number of Topliss-reactive ketones (excluding diaryl/α,β-unsaturated/α-hetero) is 1. The van der Waals surface area contributed by atoms with Crippen LogP contribution in [0.2, 0.25) is 0 Å². The standard InChI is InChI=1S/C14H20N2O2.C2H2O4/c1-15-7-9-16(10-8-15)11-14(17)12-3-5-13(18-2)6-4-12;3-1(4)2(5)6/h3-6H,7-11H2,1-2H3;(H,3,4)(H,5,6). The molecule has 1 aromatic rings. The fourth-order valence-electron chi connectivity index (χ4n) is 2.08. The van der Waals surface area contributed by atoms with Gasteiger partial charge in [0.1, 0.15) is 5.75 Å². The van der Waals surface area contributed by atoms with E-state index in [9.17, 15) is 4.79 Å². The number of methoxy groups -OCH3 is 1. The maximum absolute atomic E-state index is 12.1. The number of hydrogen-bond acceptors (Lipinski definition) is 6. The van der Waals surface area contributed by atoms with Crippen molar-refractivity contribution in [3.05, 3.63) is 29.8 Å². The van der Waals surface area contributed by atoms with Crippen LogP contribution in [0.5, 0.6) is 5.75 Å². The molecule has 0 saturated carbocycles. The number of ketones is 1. The number of carboxylic acids is 2. The van der Waals surface area contributed by atoms with Crippen LogP contribution in [-0.2, 0) is 9.59 Å². The van der Waals surface area contributed by atoms with Gasteiger partial charge in [0.25, 0.3) is 0 Å². The summed E-state index contributed by atoms with van der Waals surface area (Å²) in [6, 6.07) is 7.32. The molecule has 1 fully saturated rings. The predicted octanol–water partition coefficient (Wildman–Crippen LogP) is 0.281. The van der Waals surface area contributed by atoms with Crippen LogP contribution in [0, 0.1) is 0 Å². The maximum Gasteiger partial charge on any atom is 0.414 e. The maximum atomic E-state index is 12.1. The van der Waals surface area contributed by atoms with Gasteiger partial charge in [0, 0.05) is 31.7 Å². The molecule has 0 atom stereocenters. The molecule has 1 heterocycles. The van der Waals surface area contributed by atoms with Crippen molar-refractivity contribution >= 4 is 17.7 Å². The number of likely N-dealkylation sites (N-methyl/N-ethyl adjacent to an activating group) is 1. The van der Waals surface area contributed by atoms with Crippen LogP contribution in [-0.4, -0.2) is 84.6 Å². The van der Waals surface area contributed by atoms with Gasteiger partial charge >= 0.3 is 11.9 Å². The van der Waals surface area contributed by atoms with E-state index >= 15 is 0 Å². The summed E-state index contributed by atoms with van der Waals surface area (Å²) in [5.41, 5.74) is 0.759. The van der Waals surface area contributed by atoms with Crippen LogP contribution in [0.15, 0.2) is 24.3 Å². The average molecular weight is 338 g/mol. The molecule has 2 N–H and O–H groups in total. The summed E-state index contributed by atoms with van der Waals surface area (Å²) < 4.78 is 5.08. The van der Waals surface area contributed by atoms with Crippen LogP contribution in [0.1, 0.15) is 10.4 Å². The molecule has 132 valence electrons. The molecular formula is C16H22N2O6. The molecule has 24 heavy (non-hydrogen) atoms. The molecule has 8 nitrogen and oxygen atoms in total. The molecule has 0 spiro atoms. The minimum Gasteiger partial charge on any atom is -0.497 e. The van der Waals surface area contributed by atoms with Crippen molar-refractivity contribution in [2.45, 2.75) is 0 Å². The first-order chi connectivity index (χ1) is 11.3. The molecule has 0 radical (unpaired) electrons. The van der Waals surface area contributed by atoms with Crippen molar-refractivity contribution < 1.29 is 29.3 Å². The van der Waals surface area contributed by atoms with Gasteiger partial charge in [-0.1, -0.05) is 0 Å². The van der Waals surface area contributed by atoms with E-state index in [-0.39, 0.29) is 5.78 Å². The van der Waals surface area contributed by atoms with Crippen molar-refractivity contribution in [3.8, 4) is 5.75 Å². The molecular weight excluding hydrogens is 316 g/mol. The third kappa shape index (κ3) is 6.76. The van der Waals surface area contributed by atoms with Crippen molar-refractivity contribution in [1.82, 2.24) is 9.80 Å². The Hall–Kier alpha value is -2.45. The molecule has 1 aliphatic heterocycles. The molecule has 0 unspecified atom stereocenters. The van der Waals surface area contributed by atoms with E-state index in [1.807, 2.05) is 24.3 Å². The van der Waals surface area contributed by atoms with Crippen molar-refractivity contribution in [3.63, 3.8) is 0 Å². The lowest BCUT2D eigenvalue weighted by Crippen LogP contribution is -2.46. The summed E-state index contributed by atoms with van der Waals surface area (Å²) in [5.74, 6) is -2.68. The highest BCUT2D eigenvalue weighted by Gasteiger charge is 2.17. The normalized spacial score (nSPS) is 15.1. The summed E-state index contributed by atoms with van der Waals surface area (Å²) in [5, 5.41) is 14.8. The lowest BCUT2D eigenvalue weighted by molar-refractivity contribution is -0.159. The number of piperazine rings is 1. The van der Waals surface area contributed by atoms with Crippen molar-refractivity contribution in [2.24, 2.45) is 0 Å². The van der Waals surface area contributed by atoms with Gasteiger partial charge in [0.2, 0.25) is 0 Å². The molecule has 0 aromatic heterocycles. The fraction of sp³-hybridized carbons (Fsp3) is 0.438. The van der Waals surface area contributed by atoms with Gasteiger partial charge in [0.15, 0.2) is 5.78 Å². The Bertz CT molecular complexity index is 552. The Morgan fingerprint density at radius 3 is 1.92 bits per heavy atom. The average Bonchev–Trinajstić information content (AvgIpc) is 2.57. The molecule has 0 amide bonds. The van der Waals surface area contributed by atoms with Gasteiger partial charge in [-0.15, -0.1) is 0 Å². The molecule has 0 aliphatic carbocycles. The van der Waals surface area contributed by atoms with Gasteiger partial charge in [-0.3, -0.25) is 9.69 Å².